The molecule has 1 heterocycles. The monoisotopic (exact) mass is 228 g/mol. The molecule has 1 saturated heterocycles. The van der Waals surface area contributed by atoms with Crippen molar-refractivity contribution < 1.29 is 14.3 Å². The first-order chi connectivity index (χ1) is 7.63. The highest BCUT2D eigenvalue weighted by molar-refractivity contribution is 5.94. The average Bonchev–Trinajstić information content (AvgIpc) is 2.61. The van der Waals surface area contributed by atoms with Crippen LogP contribution in [-0.4, -0.2) is 49.6 Å². The van der Waals surface area contributed by atoms with Crippen LogP contribution in [0.5, 0.6) is 0 Å². The van der Waals surface area contributed by atoms with Crippen molar-refractivity contribution in [1.82, 2.24) is 10.2 Å². The molecule has 1 rings (SSSR count). The molecule has 0 aliphatic carbocycles. The standard InChI is InChI=1S/C11H20N2O3/c1-3-16-11(15)7-10(14)12-8-9-5-4-6-13(9)2/h9H,3-8H2,1-2H3,(H,12,14). The van der Waals surface area contributed by atoms with Crippen LogP contribution >= 0.6 is 0 Å². The second-order valence-electron chi connectivity index (χ2n) is 4.06. The lowest BCUT2D eigenvalue weighted by atomic mass is 10.2. The first-order valence-corrected chi connectivity index (χ1v) is 5.76. The van der Waals surface area contributed by atoms with Gasteiger partial charge in [-0.15, -0.1) is 0 Å². The fourth-order valence-electron chi connectivity index (χ4n) is 1.87. The summed E-state index contributed by atoms with van der Waals surface area (Å²) >= 11 is 0. The second-order valence-corrected chi connectivity index (χ2v) is 4.06. The maximum absolute atomic E-state index is 11.4. The van der Waals surface area contributed by atoms with E-state index in [1.807, 2.05) is 0 Å². The van der Waals surface area contributed by atoms with Gasteiger partial charge in [0, 0.05) is 12.6 Å². The van der Waals surface area contributed by atoms with Gasteiger partial charge in [-0.05, 0) is 33.4 Å². The molecular weight excluding hydrogens is 208 g/mol. The number of ether oxygens (including phenoxy) is 1. The van der Waals surface area contributed by atoms with Crippen molar-refractivity contribution in [2.45, 2.75) is 32.2 Å². The maximum Gasteiger partial charge on any atom is 0.315 e. The van der Waals surface area contributed by atoms with Crippen LogP contribution in [0.15, 0.2) is 0 Å². The molecule has 0 saturated carbocycles. The number of esters is 1. The van der Waals surface area contributed by atoms with Gasteiger partial charge in [0.1, 0.15) is 6.42 Å². The number of likely N-dealkylation sites (N-methyl/N-ethyl adjacent to an activating group) is 1. The number of hydrogen-bond acceptors (Lipinski definition) is 4. The third-order valence-electron chi connectivity index (χ3n) is 2.82. The highest BCUT2D eigenvalue weighted by atomic mass is 16.5. The van der Waals surface area contributed by atoms with Gasteiger partial charge in [0.2, 0.25) is 5.91 Å². The number of nitrogens with zero attached hydrogens (tertiary/aromatic N) is 1. The van der Waals surface area contributed by atoms with Crippen LogP contribution in [0.25, 0.3) is 0 Å². The van der Waals surface area contributed by atoms with Crippen LogP contribution in [0, 0.1) is 0 Å². The molecule has 0 spiro atoms. The third-order valence-corrected chi connectivity index (χ3v) is 2.82. The largest absolute Gasteiger partial charge is 0.466 e. The fraction of sp³-hybridized carbons (Fsp3) is 0.818. The smallest absolute Gasteiger partial charge is 0.315 e. The van der Waals surface area contributed by atoms with Crippen molar-refractivity contribution in [2.24, 2.45) is 0 Å². The zero-order chi connectivity index (χ0) is 12.0. The molecule has 1 fully saturated rings. The Morgan fingerprint density at radius 3 is 2.81 bits per heavy atom. The van der Waals surface area contributed by atoms with Crippen molar-refractivity contribution in [3.05, 3.63) is 0 Å². The van der Waals surface area contributed by atoms with E-state index in [-0.39, 0.29) is 12.3 Å². The molecule has 0 aromatic heterocycles. The Kier molecular flexibility index (Phi) is 5.25. The Morgan fingerprint density at radius 2 is 2.25 bits per heavy atom. The van der Waals surface area contributed by atoms with E-state index in [2.05, 4.69) is 17.3 Å². The lowest BCUT2D eigenvalue weighted by Gasteiger charge is -2.19. The molecule has 0 aromatic carbocycles. The highest BCUT2D eigenvalue weighted by Crippen LogP contribution is 2.13. The number of rotatable bonds is 5. The van der Waals surface area contributed by atoms with E-state index in [4.69, 9.17) is 4.74 Å². The summed E-state index contributed by atoms with van der Waals surface area (Å²) in [4.78, 5) is 24.6. The number of hydrogen-bond donors (Lipinski definition) is 1. The predicted octanol–water partition coefficient (Wildman–Crippen LogP) is 0.150. The molecule has 0 radical (unpaired) electrons. The lowest BCUT2D eigenvalue weighted by molar-refractivity contribution is -0.146. The van der Waals surface area contributed by atoms with Gasteiger partial charge >= 0.3 is 5.97 Å². The molecule has 5 heteroatoms. The van der Waals surface area contributed by atoms with Crippen molar-refractivity contribution >= 4 is 11.9 Å². The average molecular weight is 228 g/mol. The van der Waals surface area contributed by atoms with E-state index >= 15 is 0 Å². The van der Waals surface area contributed by atoms with Crippen LogP contribution in [0.4, 0.5) is 0 Å². The summed E-state index contributed by atoms with van der Waals surface area (Å²) in [6.07, 6.45) is 2.11. The van der Waals surface area contributed by atoms with Gasteiger partial charge in [-0.25, -0.2) is 0 Å². The van der Waals surface area contributed by atoms with Crippen molar-refractivity contribution in [3.63, 3.8) is 0 Å². The van der Waals surface area contributed by atoms with E-state index in [9.17, 15) is 9.59 Å². The van der Waals surface area contributed by atoms with E-state index < -0.39 is 5.97 Å². The number of carbonyl (C=O) groups is 2. The Bertz CT molecular complexity index is 256. The summed E-state index contributed by atoms with van der Waals surface area (Å²) in [5.41, 5.74) is 0. The fourth-order valence-corrected chi connectivity index (χ4v) is 1.87. The van der Waals surface area contributed by atoms with E-state index in [1.165, 1.54) is 6.42 Å². The molecule has 92 valence electrons. The van der Waals surface area contributed by atoms with Crippen molar-refractivity contribution in [2.75, 3.05) is 26.7 Å². The van der Waals surface area contributed by atoms with Crippen LogP contribution in [-0.2, 0) is 14.3 Å². The molecule has 0 aromatic rings. The predicted molar refractivity (Wildman–Crippen MR) is 59.9 cm³/mol. The molecule has 16 heavy (non-hydrogen) atoms. The molecule has 1 amide bonds. The Balaban J connectivity index is 2.17. The van der Waals surface area contributed by atoms with Gasteiger partial charge in [0.25, 0.3) is 0 Å². The summed E-state index contributed by atoms with van der Waals surface area (Å²) in [5, 5.41) is 2.76. The minimum atomic E-state index is -0.459. The summed E-state index contributed by atoms with van der Waals surface area (Å²) in [5.74, 6) is -0.710. The van der Waals surface area contributed by atoms with Gasteiger partial charge < -0.3 is 15.0 Å². The molecule has 1 aliphatic heterocycles. The Labute approximate surface area is 96.1 Å². The van der Waals surface area contributed by atoms with Gasteiger partial charge in [-0.2, -0.15) is 0 Å². The summed E-state index contributed by atoms with van der Waals surface area (Å²) in [6, 6.07) is 0.408. The van der Waals surface area contributed by atoms with E-state index in [0.29, 0.717) is 19.2 Å². The molecular formula is C11H20N2O3. The first kappa shape index (κ1) is 13.0. The lowest BCUT2D eigenvalue weighted by Crippen LogP contribution is -2.38. The SMILES string of the molecule is CCOC(=O)CC(=O)NCC1CCCN1C. The summed E-state index contributed by atoms with van der Waals surface area (Å²) < 4.78 is 4.70. The third kappa shape index (κ3) is 4.18. The number of amides is 1. The molecule has 1 aliphatic rings. The topological polar surface area (TPSA) is 58.6 Å². The highest BCUT2D eigenvalue weighted by Gasteiger charge is 2.21. The molecule has 1 N–H and O–H groups in total. The van der Waals surface area contributed by atoms with Crippen molar-refractivity contribution in [1.29, 1.82) is 0 Å². The molecule has 1 atom stereocenters. The van der Waals surface area contributed by atoms with Crippen LogP contribution in [0.3, 0.4) is 0 Å². The van der Waals surface area contributed by atoms with Gasteiger partial charge in [-0.3, -0.25) is 9.59 Å². The zero-order valence-electron chi connectivity index (χ0n) is 9.99. The Hall–Kier alpha value is -1.10. The van der Waals surface area contributed by atoms with E-state index in [1.54, 1.807) is 6.92 Å². The molecule has 0 bridgehead atoms. The zero-order valence-corrected chi connectivity index (χ0v) is 9.99. The number of nitrogens with one attached hydrogen (secondary N) is 1. The summed E-state index contributed by atoms with van der Waals surface area (Å²) in [6.45, 7) is 3.74. The quantitative estimate of drug-likeness (QED) is 0.537. The minimum Gasteiger partial charge on any atom is -0.466 e. The maximum atomic E-state index is 11.4. The molecule has 1 unspecified atom stereocenters. The van der Waals surface area contributed by atoms with Crippen LogP contribution in [0.1, 0.15) is 26.2 Å². The van der Waals surface area contributed by atoms with Crippen LogP contribution < -0.4 is 5.32 Å². The number of likely N-dealkylation sites (tertiary alicyclic amines) is 1. The van der Waals surface area contributed by atoms with Gasteiger partial charge in [0.15, 0.2) is 0 Å². The summed E-state index contributed by atoms with van der Waals surface area (Å²) in [7, 11) is 2.05. The Morgan fingerprint density at radius 1 is 1.50 bits per heavy atom. The minimum absolute atomic E-state index is 0.176. The second kappa shape index (κ2) is 6.48. The normalized spacial score (nSPS) is 20.8. The van der Waals surface area contributed by atoms with Crippen molar-refractivity contribution in [3.8, 4) is 0 Å². The van der Waals surface area contributed by atoms with Gasteiger partial charge in [0.05, 0.1) is 6.61 Å². The van der Waals surface area contributed by atoms with Gasteiger partial charge in [-0.1, -0.05) is 0 Å². The van der Waals surface area contributed by atoms with Crippen LogP contribution in [0.2, 0.25) is 0 Å². The molecule has 5 nitrogen and oxygen atoms in total. The van der Waals surface area contributed by atoms with E-state index in [0.717, 1.165) is 13.0 Å². The number of carbonyl (C=O) groups excluding carboxylic acids is 2. The first-order valence-electron chi connectivity index (χ1n) is 5.76.